The highest BCUT2D eigenvalue weighted by atomic mass is 15.3. The minimum absolute atomic E-state index is 0.325. The van der Waals surface area contributed by atoms with Gasteiger partial charge in [0, 0.05) is 24.7 Å². The summed E-state index contributed by atoms with van der Waals surface area (Å²) in [6.45, 7) is 15.7. The molecule has 0 aromatic rings. The molecule has 1 N–H and O–H groups in total. The van der Waals surface area contributed by atoms with E-state index in [-0.39, 0.29) is 0 Å². The number of nitrogens with zero attached hydrogens (tertiary/aromatic N) is 1. The Kier molecular flexibility index (Phi) is 6.14. The summed E-state index contributed by atoms with van der Waals surface area (Å²) in [5.41, 5.74) is 0.325. The smallest absolute Gasteiger partial charge is 0.0278 e. The normalized spacial score (nSPS) is 38.9. The van der Waals surface area contributed by atoms with Gasteiger partial charge in [-0.05, 0) is 50.5 Å². The minimum atomic E-state index is 0.325. The molecule has 4 atom stereocenters. The molecule has 2 nitrogen and oxygen atoms in total. The molecule has 0 aromatic carbocycles. The molecule has 2 aliphatic rings. The van der Waals surface area contributed by atoms with E-state index in [1.165, 1.54) is 58.2 Å². The molecule has 1 saturated heterocycles. The monoisotopic (exact) mass is 294 g/mol. The summed E-state index contributed by atoms with van der Waals surface area (Å²) in [6, 6.07) is 0.727. The predicted octanol–water partition coefficient (Wildman–Crippen LogP) is 4.30. The van der Waals surface area contributed by atoms with Crippen LogP contribution in [0.25, 0.3) is 0 Å². The van der Waals surface area contributed by atoms with Crippen molar-refractivity contribution in [2.75, 3.05) is 19.6 Å². The van der Waals surface area contributed by atoms with Gasteiger partial charge >= 0.3 is 0 Å². The highest BCUT2D eigenvalue weighted by Crippen LogP contribution is 2.32. The van der Waals surface area contributed by atoms with E-state index in [0.29, 0.717) is 5.54 Å². The number of hydrogen-bond donors (Lipinski definition) is 1. The maximum atomic E-state index is 3.81. The first kappa shape index (κ1) is 17.3. The van der Waals surface area contributed by atoms with Gasteiger partial charge in [-0.1, -0.05) is 47.0 Å². The molecule has 1 aliphatic carbocycles. The molecule has 0 aromatic heterocycles. The zero-order chi connectivity index (χ0) is 15.5. The predicted molar refractivity (Wildman–Crippen MR) is 92.6 cm³/mol. The van der Waals surface area contributed by atoms with E-state index >= 15 is 0 Å². The van der Waals surface area contributed by atoms with E-state index in [4.69, 9.17) is 0 Å². The van der Waals surface area contributed by atoms with Crippen LogP contribution in [-0.2, 0) is 0 Å². The van der Waals surface area contributed by atoms with Crippen LogP contribution in [0.15, 0.2) is 0 Å². The lowest BCUT2D eigenvalue weighted by Crippen LogP contribution is -2.64. The van der Waals surface area contributed by atoms with E-state index in [2.05, 4.69) is 44.8 Å². The summed E-state index contributed by atoms with van der Waals surface area (Å²) in [4.78, 5) is 2.81. The molecule has 2 rings (SSSR count). The molecule has 1 aliphatic heterocycles. The van der Waals surface area contributed by atoms with E-state index < -0.39 is 0 Å². The van der Waals surface area contributed by atoms with Gasteiger partial charge in [-0.15, -0.1) is 0 Å². The molecule has 0 bridgehead atoms. The number of hydrogen-bond acceptors (Lipinski definition) is 2. The Morgan fingerprint density at radius 3 is 2.67 bits per heavy atom. The summed E-state index contributed by atoms with van der Waals surface area (Å²) < 4.78 is 0. The van der Waals surface area contributed by atoms with Gasteiger partial charge in [0.1, 0.15) is 0 Å². The standard InChI is InChI=1S/C19H38N2/c1-6-19(5)14-21(18(13-20-19)15(2)3)11-10-17-9-7-8-16(4)12-17/h15-18,20H,6-14H2,1-5H3. The molecule has 2 fully saturated rings. The van der Waals surface area contributed by atoms with Gasteiger partial charge in [0.2, 0.25) is 0 Å². The van der Waals surface area contributed by atoms with Crippen LogP contribution in [0.3, 0.4) is 0 Å². The zero-order valence-corrected chi connectivity index (χ0v) is 15.1. The van der Waals surface area contributed by atoms with Gasteiger partial charge in [0.25, 0.3) is 0 Å². The summed E-state index contributed by atoms with van der Waals surface area (Å²) in [6.07, 6.45) is 8.54. The van der Waals surface area contributed by atoms with Crippen LogP contribution < -0.4 is 5.32 Å². The summed E-state index contributed by atoms with van der Waals surface area (Å²) in [5, 5.41) is 3.81. The van der Waals surface area contributed by atoms with Crippen molar-refractivity contribution in [2.24, 2.45) is 17.8 Å². The van der Waals surface area contributed by atoms with E-state index in [9.17, 15) is 0 Å². The second-order valence-corrected chi connectivity index (χ2v) is 8.50. The van der Waals surface area contributed by atoms with Gasteiger partial charge in [0.05, 0.1) is 0 Å². The van der Waals surface area contributed by atoms with Gasteiger partial charge < -0.3 is 5.32 Å². The van der Waals surface area contributed by atoms with Crippen LogP contribution in [-0.4, -0.2) is 36.1 Å². The van der Waals surface area contributed by atoms with Gasteiger partial charge in [-0.2, -0.15) is 0 Å². The minimum Gasteiger partial charge on any atom is -0.309 e. The molecular weight excluding hydrogens is 256 g/mol. The molecule has 2 heteroatoms. The SMILES string of the molecule is CCC1(C)CN(CCC2CCCC(C)C2)C(C(C)C)CN1. The number of nitrogens with one attached hydrogen (secondary N) is 1. The van der Waals surface area contributed by atoms with Gasteiger partial charge in [0.15, 0.2) is 0 Å². The van der Waals surface area contributed by atoms with E-state index in [1.54, 1.807) is 0 Å². The summed E-state index contributed by atoms with van der Waals surface area (Å²) >= 11 is 0. The van der Waals surface area contributed by atoms with Crippen LogP contribution >= 0.6 is 0 Å². The summed E-state index contributed by atoms with van der Waals surface area (Å²) in [7, 11) is 0. The maximum Gasteiger partial charge on any atom is 0.0278 e. The Bertz CT molecular complexity index is 315. The lowest BCUT2D eigenvalue weighted by molar-refractivity contribution is 0.0527. The molecule has 0 amide bonds. The van der Waals surface area contributed by atoms with Crippen molar-refractivity contribution >= 4 is 0 Å². The third kappa shape index (κ3) is 4.69. The molecule has 124 valence electrons. The van der Waals surface area contributed by atoms with Crippen LogP contribution in [0.4, 0.5) is 0 Å². The molecule has 1 saturated carbocycles. The quantitative estimate of drug-likeness (QED) is 0.813. The van der Waals surface area contributed by atoms with Crippen molar-refractivity contribution in [1.29, 1.82) is 0 Å². The Labute approximate surface area is 133 Å². The van der Waals surface area contributed by atoms with Crippen molar-refractivity contribution in [1.82, 2.24) is 10.2 Å². The fourth-order valence-corrected chi connectivity index (χ4v) is 4.41. The van der Waals surface area contributed by atoms with Gasteiger partial charge in [-0.25, -0.2) is 0 Å². The highest BCUT2D eigenvalue weighted by molar-refractivity contribution is 4.95. The molecule has 0 radical (unpaired) electrons. The fraction of sp³-hybridized carbons (Fsp3) is 1.00. The molecular formula is C19H38N2. The number of piperazine rings is 1. The van der Waals surface area contributed by atoms with Crippen LogP contribution in [0.2, 0.25) is 0 Å². The average molecular weight is 295 g/mol. The third-order valence-corrected chi connectivity index (χ3v) is 6.18. The van der Waals surface area contributed by atoms with Crippen molar-refractivity contribution in [3.05, 3.63) is 0 Å². The molecule has 0 spiro atoms. The first-order valence-electron chi connectivity index (χ1n) is 9.42. The first-order chi connectivity index (χ1) is 9.93. The Morgan fingerprint density at radius 1 is 1.29 bits per heavy atom. The summed E-state index contributed by atoms with van der Waals surface area (Å²) in [5.74, 6) is 2.71. The highest BCUT2D eigenvalue weighted by Gasteiger charge is 2.35. The molecule has 1 heterocycles. The average Bonchev–Trinajstić information content (AvgIpc) is 2.45. The third-order valence-electron chi connectivity index (χ3n) is 6.18. The Morgan fingerprint density at radius 2 is 2.05 bits per heavy atom. The van der Waals surface area contributed by atoms with E-state index in [0.717, 1.165) is 23.8 Å². The van der Waals surface area contributed by atoms with Crippen LogP contribution in [0.5, 0.6) is 0 Å². The van der Waals surface area contributed by atoms with Crippen LogP contribution in [0, 0.1) is 17.8 Å². The fourth-order valence-electron chi connectivity index (χ4n) is 4.41. The van der Waals surface area contributed by atoms with Crippen molar-refractivity contribution in [2.45, 2.75) is 84.7 Å². The second-order valence-electron chi connectivity index (χ2n) is 8.50. The topological polar surface area (TPSA) is 15.3 Å². The van der Waals surface area contributed by atoms with Gasteiger partial charge in [-0.3, -0.25) is 4.90 Å². The zero-order valence-electron chi connectivity index (χ0n) is 15.1. The molecule has 21 heavy (non-hydrogen) atoms. The lowest BCUT2D eigenvalue weighted by Gasteiger charge is -2.48. The van der Waals surface area contributed by atoms with Crippen molar-refractivity contribution in [3.63, 3.8) is 0 Å². The van der Waals surface area contributed by atoms with Crippen LogP contribution in [0.1, 0.15) is 73.1 Å². The molecule has 4 unspecified atom stereocenters. The largest absolute Gasteiger partial charge is 0.309 e. The first-order valence-corrected chi connectivity index (χ1v) is 9.42. The van der Waals surface area contributed by atoms with E-state index in [1.807, 2.05) is 0 Å². The Hall–Kier alpha value is -0.0800. The Balaban J connectivity index is 1.90. The maximum absolute atomic E-state index is 3.81. The number of rotatable bonds is 5. The second kappa shape index (κ2) is 7.46. The van der Waals surface area contributed by atoms with Crippen molar-refractivity contribution in [3.8, 4) is 0 Å². The lowest BCUT2D eigenvalue weighted by atomic mass is 9.80. The van der Waals surface area contributed by atoms with Crippen molar-refractivity contribution < 1.29 is 0 Å².